The van der Waals surface area contributed by atoms with Gasteiger partial charge >= 0.3 is 6.09 Å². The summed E-state index contributed by atoms with van der Waals surface area (Å²) < 4.78 is 5.13. The fraction of sp³-hybridized carbons (Fsp3) is 0.364. The molecule has 0 spiro atoms. The van der Waals surface area contributed by atoms with Gasteiger partial charge in [-0.3, -0.25) is 0 Å². The predicted octanol–water partition coefficient (Wildman–Crippen LogP) is 2.45. The highest BCUT2D eigenvalue weighted by molar-refractivity contribution is 5.70. The number of benzene rings is 1. The Morgan fingerprint density at radius 1 is 1.50 bits per heavy atom. The number of amides is 1. The van der Waals surface area contributed by atoms with Crippen molar-refractivity contribution in [1.82, 2.24) is 4.90 Å². The van der Waals surface area contributed by atoms with Gasteiger partial charge in [-0.1, -0.05) is 12.1 Å². The first-order valence-corrected chi connectivity index (χ1v) is 4.63. The minimum Gasteiger partial charge on any atom is -0.410 e. The minimum atomic E-state index is -0.321. The Labute approximate surface area is 84.3 Å². The van der Waals surface area contributed by atoms with Crippen LogP contribution in [-0.2, 0) is 0 Å². The van der Waals surface area contributed by atoms with Crippen LogP contribution in [0.25, 0.3) is 0 Å². The van der Waals surface area contributed by atoms with Gasteiger partial charge in [0.15, 0.2) is 0 Å². The second-order valence-electron chi connectivity index (χ2n) is 3.20. The van der Waals surface area contributed by atoms with Crippen molar-refractivity contribution in [2.45, 2.75) is 13.8 Å². The van der Waals surface area contributed by atoms with Crippen LogP contribution >= 0.6 is 0 Å². The van der Waals surface area contributed by atoms with Gasteiger partial charge in [0.2, 0.25) is 0 Å². The number of nitrogens with zero attached hydrogens (tertiary/aromatic N) is 1. The van der Waals surface area contributed by atoms with Crippen LogP contribution in [-0.4, -0.2) is 24.6 Å². The number of ether oxygens (including phenoxy) is 1. The van der Waals surface area contributed by atoms with E-state index in [1.165, 1.54) is 4.90 Å². The first kappa shape index (κ1) is 10.6. The highest BCUT2D eigenvalue weighted by atomic mass is 16.6. The van der Waals surface area contributed by atoms with E-state index in [9.17, 15) is 4.79 Å². The molecule has 1 amide bonds. The minimum absolute atomic E-state index is 0.321. The van der Waals surface area contributed by atoms with Gasteiger partial charge < -0.3 is 9.64 Å². The molecular weight excluding hydrogens is 178 g/mol. The summed E-state index contributed by atoms with van der Waals surface area (Å²) in [6, 6.07) is 7.43. The normalized spacial score (nSPS) is 9.64. The molecule has 76 valence electrons. The SMILES string of the molecule is CCN(C)C(=O)Oc1cccc(C)c1. The van der Waals surface area contributed by atoms with Gasteiger partial charge in [0.1, 0.15) is 5.75 Å². The molecule has 0 aliphatic carbocycles. The van der Waals surface area contributed by atoms with Crippen molar-refractivity contribution in [3.63, 3.8) is 0 Å². The van der Waals surface area contributed by atoms with Crippen molar-refractivity contribution in [3.05, 3.63) is 29.8 Å². The van der Waals surface area contributed by atoms with Crippen LogP contribution in [0.2, 0.25) is 0 Å². The van der Waals surface area contributed by atoms with Crippen molar-refractivity contribution in [3.8, 4) is 5.75 Å². The van der Waals surface area contributed by atoms with Crippen LogP contribution in [0.4, 0.5) is 4.79 Å². The van der Waals surface area contributed by atoms with Crippen molar-refractivity contribution < 1.29 is 9.53 Å². The molecular formula is C11H15NO2. The van der Waals surface area contributed by atoms with Crippen LogP contribution in [0, 0.1) is 6.92 Å². The largest absolute Gasteiger partial charge is 0.414 e. The van der Waals surface area contributed by atoms with Crippen LogP contribution in [0.1, 0.15) is 12.5 Å². The maximum absolute atomic E-state index is 11.4. The van der Waals surface area contributed by atoms with E-state index < -0.39 is 0 Å². The topological polar surface area (TPSA) is 29.5 Å². The molecule has 14 heavy (non-hydrogen) atoms. The third-order valence-electron chi connectivity index (χ3n) is 1.98. The summed E-state index contributed by atoms with van der Waals surface area (Å²) >= 11 is 0. The third kappa shape index (κ3) is 2.76. The average Bonchev–Trinajstić information content (AvgIpc) is 2.16. The smallest absolute Gasteiger partial charge is 0.410 e. The Balaban J connectivity index is 2.65. The Hall–Kier alpha value is -1.51. The molecule has 0 saturated carbocycles. The van der Waals surface area contributed by atoms with Crippen LogP contribution < -0.4 is 4.74 Å². The second kappa shape index (κ2) is 4.65. The van der Waals surface area contributed by atoms with Gasteiger partial charge in [0, 0.05) is 13.6 Å². The van der Waals surface area contributed by atoms with E-state index in [0.29, 0.717) is 12.3 Å². The lowest BCUT2D eigenvalue weighted by molar-refractivity contribution is 0.165. The molecule has 0 unspecified atom stereocenters. The van der Waals surface area contributed by atoms with Crippen molar-refractivity contribution in [1.29, 1.82) is 0 Å². The summed E-state index contributed by atoms with van der Waals surface area (Å²) in [5.41, 5.74) is 1.08. The molecule has 3 nitrogen and oxygen atoms in total. The quantitative estimate of drug-likeness (QED) is 0.722. The number of carbonyl (C=O) groups is 1. The number of hydrogen-bond donors (Lipinski definition) is 0. The molecule has 0 bridgehead atoms. The van der Waals surface area contributed by atoms with Gasteiger partial charge in [0.25, 0.3) is 0 Å². The zero-order chi connectivity index (χ0) is 10.6. The molecule has 0 saturated heterocycles. The van der Waals surface area contributed by atoms with Crippen molar-refractivity contribution in [2.75, 3.05) is 13.6 Å². The van der Waals surface area contributed by atoms with Crippen LogP contribution in [0.15, 0.2) is 24.3 Å². The molecule has 0 radical (unpaired) electrons. The van der Waals surface area contributed by atoms with E-state index in [-0.39, 0.29) is 6.09 Å². The Bertz CT molecular complexity index is 323. The first-order chi connectivity index (χ1) is 6.63. The maximum atomic E-state index is 11.4. The van der Waals surface area contributed by atoms with Gasteiger partial charge in [-0.25, -0.2) is 4.79 Å². The third-order valence-corrected chi connectivity index (χ3v) is 1.98. The van der Waals surface area contributed by atoms with E-state index in [1.807, 2.05) is 32.0 Å². The fourth-order valence-corrected chi connectivity index (χ4v) is 0.987. The highest BCUT2D eigenvalue weighted by Crippen LogP contribution is 2.13. The van der Waals surface area contributed by atoms with E-state index in [0.717, 1.165) is 5.56 Å². The number of rotatable bonds is 2. The molecule has 0 N–H and O–H groups in total. The molecule has 1 aromatic rings. The Morgan fingerprint density at radius 3 is 2.79 bits per heavy atom. The Kier molecular flexibility index (Phi) is 3.51. The fourth-order valence-electron chi connectivity index (χ4n) is 0.987. The monoisotopic (exact) mass is 193 g/mol. The van der Waals surface area contributed by atoms with Gasteiger partial charge in [-0.05, 0) is 31.5 Å². The summed E-state index contributed by atoms with van der Waals surface area (Å²) in [5.74, 6) is 0.593. The molecule has 0 aliphatic heterocycles. The molecule has 0 aromatic heterocycles. The van der Waals surface area contributed by atoms with E-state index in [4.69, 9.17) is 4.74 Å². The number of hydrogen-bond acceptors (Lipinski definition) is 2. The van der Waals surface area contributed by atoms with Gasteiger partial charge in [0.05, 0.1) is 0 Å². The van der Waals surface area contributed by atoms with Crippen LogP contribution in [0.5, 0.6) is 5.75 Å². The average molecular weight is 193 g/mol. The summed E-state index contributed by atoms with van der Waals surface area (Å²) in [5, 5.41) is 0. The molecule has 0 atom stereocenters. The zero-order valence-electron chi connectivity index (χ0n) is 8.78. The second-order valence-corrected chi connectivity index (χ2v) is 3.20. The summed E-state index contributed by atoms with van der Waals surface area (Å²) in [7, 11) is 1.71. The molecule has 1 rings (SSSR count). The summed E-state index contributed by atoms with van der Waals surface area (Å²) in [4.78, 5) is 12.9. The highest BCUT2D eigenvalue weighted by Gasteiger charge is 2.08. The molecule has 0 fully saturated rings. The molecule has 1 aromatic carbocycles. The predicted molar refractivity (Wildman–Crippen MR) is 55.5 cm³/mol. The summed E-state index contributed by atoms with van der Waals surface area (Å²) in [6.45, 7) is 4.50. The lowest BCUT2D eigenvalue weighted by atomic mass is 10.2. The van der Waals surface area contributed by atoms with Crippen LogP contribution in [0.3, 0.4) is 0 Å². The molecule has 0 aliphatic rings. The van der Waals surface area contributed by atoms with Gasteiger partial charge in [-0.2, -0.15) is 0 Å². The van der Waals surface area contributed by atoms with Crippen molar-refractivity contribution >= 4 is 6.09 Å². The first-order valence-electron chi connectivity index (χ1n) is 4.63. The lowest BCUT2D eigenvalue weighted by Crippen LogP contribution is -2.29. The maximum Gasteiger partial charge on any atom is 0.414 e. The lowest BCUT2D eigenvalue weighted by Gasteiger charge is -2.14. The number of aryl methyl sites for hydroxylation is 1. The number of carbonyl (C=O) groups excluding carboxylic acids is 1. The summed E-state index contributed by atoms with van der Waals surface area (Å²) in [6.07, 6.45) is -0.321. The van der Waals surface area contributed by atoms with E-state index >= 15 is 0 Å². The standard InChI is InChI=1S/C11H15NO2/c1-4-12(3)11(13)14-10-7-5-6-9(2)8-10/h5-8H,4H2,1-3H3. The van der Waals surface area contributed by atoms with E-state index in [1.54, 1.807) is 13.1 Å². The Morgan fingerprint density at radius 2 is 2.21 bits per heavy atom. The van der Waals surface area contributed by atoms with Gasteiger partial charge in [-0.15, -0.1) is 0 Å². The molecule has 0 heterocycles. The zero-order valence-corrected chi connectivity index (χ0v) is 8.78. The van der Waals surface area contributed by atoms with Crippen molar-refractivity contribution in [2.24, 2.45) is 0 Å². The molecule has 3 heteroatoms. The van der Waals surface area contributed by atoms with E-state index in [2.05, 4.69) is 0 Å².